The van der Waals surface area contributed by atoms with Crippen LogP contribution in [0.25, 0.3) is 0 Å². The Morgan fingerprint density at radius 2 is 1.79 bits per heavy atom. The monoisotopic (exact) mass is 345 g/mol. The van der Waals surface area contributed by atoms with Crippen LogP contribution in [0.1, 0.15) is 17.2 Å². The number of ether oxygens (including phenoxy) is 3. The van der Waals surface area contributed by atoms with Crippen molar-refractivity contribution in [1.29, 1.82) is 0 Å². The number of fused-ring (bicyclic) bond motifs is 1. The van der Waals surface area contributed by atoms with E-state index in [0.29, 0.717) is 17.1 Å². The van der Waals surface area contributed by atoms with Crippen LogP contribution in [0.4, 0.5) is 0 Å². The Bertz CT molecular complexity index is 905. The molecule has 2 atom stereocenters. The minimum atomic E-state index is -3.66. The molecule has 124 valence electrons. The van der Waals surface area contributed by atoms with Gasteiger partial charge >= 0.3 is 0 Å². The summed E-state index contributed by atoms with van der Waals surface area (Å²) in [5.74, 6) is 1.21. The summed E-state index contributed by atoms with van der Waals surface area (Å²) in [5, 5.41) is -1.03. The summed E-state index contributed by atoms with van der Waals surface area (Å²) in [6.45, 7) is 2.06. The van der Waals surface area contributed by atoms with Crippen molar-refractivity contribution in [3.63, 3.8) is 0 Å². The molecule has 24 heavy (non-hydrogen) atoms. The largest absolute Gasteiger partial charge is 0.472 e. The molecule has 2 aliphatic heterocycles. The Hall–Kier alpha value is -2.54. The summed E-state index contributed by atoms with van der Waals surface area (Å²) in [5.41, 5.74) is 1.67. The van der Waals surface area contributed by atoms with Gasteiger partial charge in [0.1, 0.15) is 0 Å². The number of aryl methyl sites for hydroxylation is 1. The second-order valence-electron chi connectivity index (χ2n) is 5.67. The van der Waals surface area contributed by atoms with Gasteiger partial charge < -0.3 is 14.2 Å². The normalized spacial score (nSPS) is 21.7. The predicted octanol–water partition coefficient (Wildman–Crippen LogP) is 2.62. The number of hydrogen-bond donors (Lipinski definition) is 0. The average molecular weight is 345 g/mol. The highest BCUT2D eigenvalue weighted by Gasteiger charge is 2.40. The Balaban J connectivity index is 1.69. The van der Waals surface area contributed by atoms with Crippen LogP contribution in [0.3, 0.4) is 0 Å². The average Bonchev–Trinajstić information content (AvgIpc) is 3.24. The third kappa shape index (κ3) is 2.41. The van der Waals surface area contributed by atoms with Crippen LogP contribution in [0.15, 0.2) is 52.4 Å². The van der Waals surface area contributed by atoms with Gasteiger partial charge in [-0.2, -0.15) is 0 Å². The van der Waals surface area contributed by atoms with Gasteiger partial charge in [0, 0.05) is 0 Å². The summed E-state index contributed by atoms with van der Waals surface area (Å²) in [7, 11) is -3.66. The van der Waals surface area contributed by atoms with Crippen molar-refractivity contribution in [1.82, 2.24) is 0 Å². The fourth-order valence-corrected chi connectivity index (χ4v) is 4.30. The lowest BCUT2D eigenvalue weighted by molar-refractivity contribution is 0.173. The molecule has 2 aliphatic rings. The maximum absolute atomic E-state index is 12.9. The Morgan fingerprint density at radius 3 is 2.58 bits per heavy atom. The third-order valence-electron chi connectivity index (χ3n) is 4.07. The highest BCUT2D eigenvalue weighted by atomic mass is 32.2. The second-order valence-corrected chi connectivity index (χ2v) is 7.72. The van der Waals surface area contributed by atoms with E-state index in [-0.39, 0.29) is 11.7 Å². The molecule has 0 amide bonds. The predicted molar refractivity (Wildman–Crippen MR) is 87.0 cm³/mol. The molecule has 0 saturated heterocycles. The van der Waals surface area contributed by atoms with Crippen molar-refractivity contribution in [2.75, 3.05) is 6.79 Å². The van der Waals surface area contributed by atoms with Crippen molar-refractivity contribution in [2.45, 2.75) is 23.3 Å². The van der Waals surface area contributed by atoms with Gasteiger partial charge in [-0.15, -0.1) is 0 Å². The molecule has 2 aromatic rings. The highest BCUT2D eigenvalue weighted by molar-refractivity contribution is 7.92. The Kier molecular flexibility index (Phi) is 3.45. The highest BCUT2D eigenvalue weighted by Crippen LogP contribution is 2.39. The van der Waals surface area contributed by atoms with Crippen LogP contribution in [0.2, 0.25) is 0 Å². The number of benzene rings is 2. The van der Waals surface area contributed by atoms with Gasteiger partial charge in [0.15, 0.2) is 29.4 Å². The number of aliphatic imine (C=N–C) groups is 1. The molecule has 0 N–H and O–H groups in total. The molecule has 0 aliphatic carbocycles. The molecular formula is C17H15NO5S. The smallest absolute Gasteiger partial charge is 0.231 e. The first-order chi connectivity index (χ1) is 11.6. The molecule has 2 heterocycles. The maximum atomic E-state index is 12.9. The van der Waals surface area contributed by atoms with E-state index in [2.05, 4.69) is 4.99 Å². The lowest BCUT2D eigenvalue weighted by Crippen LogP contribution is -2.24. The van der Waals surface area contributed by atoms with Gasteiger partial charge in [0.25, 0.3) is 0 Å². The molecule has 0 saturated carbocycles. The number of rotatable bonds is 3. The lowest BCUT2D eigenvalue weighted by atomic mass is 10.1. The summed E-state index contributed by atoms with van der Waals surface area (Å²) in [6.07, 6.45) is 0.483. The Morgan fingerprint density at radius 1 is 1.04 bits per heavy atom. The van der Waals surface area contributed by atoms with Gasteiger partial charge in [-0.1, -0.05) is 23.8 Å². The second kappa shape index (κ2) is 5.52. The van der Waals surface area contributed by atoms with Gasteiger partial charge in [-0.25, -0.2) is 13.4 Å². The summed E-state index contributed by atoms with van der Waals surface area (Å²) in [6, 6.07) is 12.0. The molecule has 0 radical (unpaired) electrons. The van der Waals surface area contributed by atoms with Crippen molar-refractivity contribution in [3.8, 4) is 11.5 Å². The van der Waals surface area contributed by atoms with Gasteiger partial charge in [0.05, 0.1) is 4.90 Å². The van der Waals surface area contributed by atoms with E-state index in [4.69, 9.17) is 14.2 Å². The molecule has 0 spiro atoms. The van der Waals surface area contributed by atoms with Crippen LogP contribution in [-0.4, -0.2) is 27.0 Å². The molecule has 0 unspecified atom stereocenters. The van der Waals surface area contributed by atoms with Crippen LogP contribution >= 0.6 is 0 Å². The molecule has 2 aromatic carbocycles. The topological polar surface area (TPSA) is 74.2 Å². The quantitative estimate of drug-likeness (QED) is 0.855. The van der Waals surface area contributed by atoms with Crippen LogP contribution in [0.5, 0.6) is 11.5 Å². The third-order valence-corrected chi connectivity index (χ3v) is 6.00. The Labute approximate surface area is 139 Å². The van der Waals surface area contributed by atoms with E-state index in [0.717, 1.165) is 5.56 Å². The van der Waals surface area contributed by atoms with Gasteiger partial charge in [0.2, 0.25) is 16.6 Å². The van der Waals surface area contributed by atoms with Crippen LogP contribution < -0.4 is 9.47 Å². The van der Waals surface area contributed by atoms with Gasteiger partial charge in [-0.3, -0.25) is 0 Å². The van der Waals surface area contributed by atoms with E-state index in [1.807, 2.05) is 6.92 Å². The molecule has 6 nitrogen and oxygen atoms in total. The molecule has 4 rings (SSSR count). The van der Waals surface area contributed by atoms with E-state index < -0.39 is 21.3 Å². The summed E-state index contributed by atoms with van der Waals surface area (Å²) >= 11 is 0. The number of nitrogens with zero attached hydrogens (tertiary/aromatic N) is 1. The lowest BCUT2D eigenvalue weighted by Gasteiger charge is -2.18. The summed E-state index contributed by atoms with van der Waals surface area (Å²) < 4.78 is 41.9. The maximum Gasteiger partial charge on any atom is 0.231 e. The number of sulfone groups is 1. The zero-order valence-electron chi connectivity index (χ0n) is 12.9. The zero-order chi connectivity index (χ0) is 16.7. The number of hydrogen-bond acceptors (Lipinski definition) is 6. The van der Waals surface area contributed by atoms with E-state index in [1.54, 1.807) is 42.5 Å². The zero-order valence-corrected chi connectivity index (χ0v) is 13.7. The van der Waals surface area contributed by atoms with E-state index in [9.17, 15) is 8.42 Å². The molecule has 7 heteroatoms. The SMILES string of the molecule is Cc1ccc(S(=O)(=O)[C@H]2N=CO[C@@H]2c2ccc3c(c2)OCO3)cc1. The van der Waals surface area contributed by atoms with E-state index >= 15 is 0 Å². The van der Waals surface area contributed by atoms with Crippen molar-refractivity contribution >= 4 is 16.2 Å². The van der Waals surface area contributed by atoms with Crippen molar-refractivity contribution in [2.24, 2.45) is 4.99 Å². The first kappa shape index (κ1) is 15.0. The molecule has 0 bridgehead atoms. The fraction of sp³-hybridized carbons (Fsp3) is 0.235. The molecule has 0 fully saturated rings. The fourth-order valence-electron chi connectivity index (χ4n) is 2.75. The van der Waals surface area contributed by atoms with Crippen LogP contribution in [0, 0.1) is 6.92 Å². The molecule has 0 aromatic heterocycles. The van der Waals surface area contributed by atoms with Crippen LogP contribution in [-0.2, 0) is 14.6 Å². The van der Waals surface area contributed by atoms with Crippen molar-refractivity contribution in [3.05, 3.63) is 53.6 Å². The molecular weight excluding hydrogens is 330 g/mol. The summed E-state index contributed by atoms with van der Waals surface area (Å²) in [4.78, 5) is 4.28. The standard InChI is InChI=1S/C17H15NO5S/c1-11-2-5-13(6-3-11)24(19,20)17-16(21-9-18-17)12-4-7-14-15(8-12)23-10-22-14/h2-9,16-17H,10H2,1H3/t16-,17-/m1/s1. The van der Waals surface area contributed by atoms with Crippen molar-refractivity contribution < 1.29 is 22.6 Å². The van der Waals surface area contributed by atoms with E-state index in [1.165, 1.54) is 6.40 Å². The first-order valence-corrected chi connectivity index (χ1v) is 8.97. The first-order valence-electron chi connectivity index (χ1n) is 7.43. The van der Waals surface area contributed by atoms with Gasteiger partial charge in [-0.05, 0) is 36.8 Å². The minimum absolute atomic E-state index is 0.159. The minimum Gasteiger partial charge on any atom is -0.472 e.